The molecule has 1 heterocycles. The molecule has 0 saturated heterocycles. The number of hydrogen-bond donors (Lipinski definition) is 0. The molecule has 0 aliphatic carbocycles. The summed E-state index contributed by atoms with van der Waals surface area (Å²) in [5.41, 5.74) is 0. The fraction of sp³-hybridized carbons (Fsp3) is 0.500. The van der Waals surface area contributed by atoms with Crippen LogP contribution in [0, 0.1) is 0 Å². The van der Waals surface area contributed by atoms with E-state index in [4.69, 9.17) is 0 Å². The van der Waals surface area contributed by atoms with Crippen molar-refractivity contribution in [2.24, 2.45) is 0 Å². The Morgan fingerprint density at radius 2 is 2.42 bits per heavy atom. The lowest BCUT2D eigenvalue weighted by Crippen LogP contribution is -2.40. The van der Waals surface area contributed by atoms with E-state index in [1.165, 1.54) is 23.6 Å². The molecule has 0 bridgehead atoms. The van der Waals surface area contributed by atoms with Crippen molar-refractivity contribution in [2.75, 3.05) is 5.75 Å². The lowest BCUT2D eigenvalue weighted by atomic mass is 10.2. The van der Waals surface area contributed by atoms with E-state index in [-0.39, 0.29) is 17.7 Å². The van der Waals surface area contributed by atoms with Crippen LogP contribution in [0.15, 0.2) is 11.6 Å². The van der Waals surface area contributed by atoms with Gasteiger partial charge in [0.15, 0.2) is 5.78 Å². The number of carbonyl (C=O) groups is 2. The van der Waals surface area contributed by atoms with Gasteiger partial charge < -0.3 is 4.90 Å². The van der Waals surface area contributed by atoms with Crippen molar-refractivity contribution in [1.29, 1.82) is 0 Å². The van der Waals surface area contributed by atoms with Crippen LogP contribution in [-0.2, 0) is 9.59 Å². The van der Waals surface area contributed by atoms with E-state index < -0.39 is 0 Å². The molecule has 1 amide bonds. The molecule has 0 spiro atoms. The number of hydrogen-bond acceptors (Lipinski definition) is 3. The van der Waals surface area contributed by atoms with Crippen molar-refractivity contribution in [2.45, 2.75) is 19.9 Å². The number of rotatable bonds is 2. The number of amides is 1. The normalized spacial score (nSPS) is 19.5. The molecular formula is C8H11NO2S. The smallest absolute Gasteiger partial charge is 0.237 e. The minimum atomic E-state index is -0.324. The molecule has 1 unspecified atom stereocenters. The Hall–Kier alpha value is -0.770. The van der Waals surface area contributed by atoms with Crippen LogP contribution in [0.2, 0.25) is 0 Å². The fourth-order valence-electron chi connectivity index (χ4n) is 0.927. The minimum absolute atomic E-state index is 0.00481. The van der Waals surface area contributed by atoms with Gasteiger partial charge in [-0.05, 0) is 19.3 Å². The molecule has 1 atom stereocenters. The summed E-state index contributed by atoms with van der Waals surface area (Å²) in [4.78, 5) is 23.7. The molecule has 0 fully saturated rings. The van der Waals surface area contributed by atoms with Gasteiger partial charge in [0.2, 0.25) is 5.91 Å². The van der Waals surface area contributed by atoms with Gasteiger partial charge in [-0.1, -0.05) is 0 Å². The zero-order chi connectivity index (χ0) is 9.14. The summed E-state index contributed by atoms with van der Waals surface area (Å²) in [5, 5.41) is 1.83. The zero-order valence-electron chi connectivity index (χ0n) is 7.11. The average Bonchev–Trinajstić information content (AvgIpc) is 2.04. The van der Waals surface area contributed by atoms with Gasteiger partial charge in [-0.2, -0.15) is 0 Å². The van der Waals surface area contributed by atoms with Crippen LogP contribution in [0.4, 0.5) is 0 Å². The Morgan fingerprint density at radius 1 is 1.75 bits per heavy atom. The Balaban J connectivity index is 2.72. The molecule has 3 nitrogen and oxygen atoms in total. The highest BCUT2D eigenvalue weighted by Crippen LogP contribution is 2.15. The van der Waals surface area contributed by atoms with E-state index in [1.807, 2.05) is 5.41 Å². The van der Waals surface area contributed by atoms with Gasteiger partial charge in [-0.15, -0.1) is 11.8 Å². The third kappa shape index (κ3) is 1.88. The molecule has 12 heavy (non-hydrogen) atoms. The monoisotopic (exact) mass is 185 g/mol. The first-order valence-electron chi connectivity index (χ1n) is 3.73. The second-order valence-corrected chi connectivity index (χ2v) is 3.58. The summed E-state index contributed by atoms with van der Waals surface area (Å²) in [7, 11) is 0. The molecule has 0 aromatic rings. The van der Waals surface area contributed by atoms with Crippen molar-refractivity contribution in [3.05, 3.63) is 11.6 Å². The third-order valence-corrected chi connectivity index (χ3v) is 2.55. The summed E-state index contributed by atoms with van der Waals surface area (Å²) in [6.07, 6.45) is 1.67. The topological polar surface area (TPSA) is 37.4 Å². The number of carbonyl (C=O) groups excluding carboxylic acids is 2. The third-order valence-electron chi connectivity index (χ3n) is 1.82. The zero-order valence-corrected chi connectivity index (χ0v) is 7.93. The van der Waals surface area contributed by atoms with Crippen molar-refractivity contribution in [3.63, 3.8) is 0 Å². The second kappa shape index (κ2) is 3.76. The lowest BCUT2D eigenvalue weighted by molar-refractivity contribution is -0.133. The van der Waals surface area contributed by atoms with Crippen LogP contribution < -0.4 is 0 Å². The summed E-state index contributed by atoms with van der Waals surface area (Å²) >= 11 is 1.45. The molecule has 1 rings (SSSR count). The predicted octanol–water partition coefficient (Wildman–Crippen LogP) is 1.01. The quantitative estimate of drug-likeness (QED) is 0.644. The summed E-state index contributed by atoms with van der Waals surface area (Å²) < 4.78 is 0. The highest BCUT2D eigenvalue weighted by atomic mass is 32.2. The first-order valence-corrected chi connectivity index (χ1v) is 4.77. The van der Waals surface area contributed by atoms with E-state index in [9.17, 15) is 9.59 Å². The maximum Gasteiger partial charge on any atom is 0.237 e. The molecule has 0 saturated carbocycles. The van der Waals surface area contributed by atoms with Crippen LogP contribution in [0.25, 0.3) is 0 Å². The first kappa shape index (κ1) is 9.32. The predicted molar refractivity (Wildman–Crippen MR) is 48.6 cm³/mol. The first-order chi connectivity index (χ1) is 5.63. The molecule has 0 radical (unpaired) electrons. The van der Waals surface area contributed by atoms with Gasteiger partial charge in [0.1, 0.15) is 0 Å². The van der Waals surface area contributed by atoms with Crippen LogP contribution in [0.1, 0.15) is 13.8 Å². The van der Waals surface area contributed by atoms with Gasteiger partial charge in [0, 0.05) is 6.20 Å². The molecule has 0 N–H and O–H groups in total. The average molecular weight is 185 g/mol. The summed E-state index contributed by atoms with van der Waals surface area (Å²) in [6.45, 7) is 3.23. The van der Waals surface area contributed by atoms with Gasteiger partial charge in [-0.3, -0.25) is 9.59 Å². The van der Waals surface area contributed by atoms with E-state index >= 15 is 0 Å². The maximum absolute atomic E-state index is 11.2. The Kier molecular flexibility index (Phi) is 2.92. The van der Waals surface area contributed by atoms with Crippen LogP contribution in [0.3, 0.4) is 0 Å². The van der Waals surface area contributed by atoms with Crippen LogP contribution in [-0.4, -0.2) is 28.4 Å². The van der Waals surface area contributed by atoms with Gasteiger partial charge >= 0.3 is 0 Å². The van der Waals surface area contributed by atoms with Crippen molar-refractivity contribution >= 4 is 23.5 Å². The van der Waals surface area contributed by atoms with E-state index in [1.54, 1.807) is 13.1 Å². The van der Waals surface area contributed by atoms with Gasteiger partial charge in [-0.25, -0.2) is 0 Å². The Morgan fingerprint density at radius 3 is 2.92 bits per heavy atom. The van der Waals surface area contributed by atoms with Gasteiger partial charge in [0.05, 0.1) is 11.8 Å². The second-order valence-electron chi connectivity index (χ2n) is 2.68. The maximum atomic E-state index is 11.2. The SMILES string of the molecule is CC(=O)C(C)N1C=CSCC1=O. The molecule has 4 heteroatoms. The number of nitrogens with zero attached hydrogens (tertiary/aromatic N) is 1. The molecule has 0 aromatic heterocycles. The fourth-order valence-corrected chi connectivity index (χ4v) is 1.53. The molecule has 0 aromatic carbocycles. The van der Waals surface area contributed by atoms with Crippen LogP contribution in [0.5, 0.6) is 0 Å². The van der Waals surface area contributed by atoms with Crippen molar-refractivity contribution in [3.8, 4) is 0 Å². The number of thioether (sulfide) groups is 1. The molecule has 1 aliphatic rings. The molecular weight excluding hydrogens is 174 g/mol. The largest absolute Gasteiger partial charge is 0.308 e. The molecule has 1 aliphatic heterocycles. The standard InChI is InChI=1S/C8H11NO2S/c1-6(7(2)10)9-3-4-12-5-8(9)11/h3-4,6H,5H2,1-2H3. The Labute approximate surface area is 75.8 Å². The highest BCUT2D eigenvalue weighted by Gasteiger charge is 2.22. The summed E-state index contributed by atoms with van der Waals surface area (Å²) in [5.74, 6) is 0.457. The van der Waals surface area contributed by atoms with E-state index in [0.29, 0.717) is 5.75 Å². The van der Waals surface area contributed by atoms with Crippen molar-refractivity contribution < 1.29 is 9.59 Å². The molecule has 66 valence electrons. The van der Waals surface area contributed by atoms with Gasteiger partial charge in [0.25, 0.3) is 0 Å². The van der Waals surface area contributed by atoms with Crippen molar-refractivity contribution in [1.82, 2.24) is 4.90 Å². The van der Waals surface area contributed by atoms with Crippen LogP contribution >= 0.6 is 11.8 Å². The van der Waals surface area contributed by atoms with E-state index in [0.717, 1.165) is 0 Å². The number of Topliss-reactive ketones (excluding diaryl/α,β-unsaturated/α-hetero) is 1. The highest BCUT2D eigenvalue weighted by molar-refractivity contribution is 8.02. The lowest BCUT2D eigenvalue weighted by Gasteiger charge is -2.25. The number of ketones is 1. The summed E-state index contributed by atoms with van der Waals surface area (Å²) in [6, 6.07) is -0.324. The minimum Gasteiger partial charge on any atom is -0.308 e. The van der Waals surface area contributed by atoms with E-state index in [2.05, 4.69) is 0 Å². The Bertz CT molecular complexity index is 237.